The number of benzene rings is 2. The molecule has 0 radical (unpaired) electrons. The summed E-state index contributed by atoms with van der Waals surface area (Å²) in [5.74, 6) is 0.0336. The zero-order valence-electron chi connectivity index (χ0n) is 15.3. The quantitative estimate of drug-likeness (QED) is 0.714. The predicted molar refractivity (Wildman–Crippen MR) is 110 cm³/mol. The molecule has 0 aliphatic carbocycles. The van der Waals surface area contributed by atoms with Crippen molar-refractivity contribution in [3.8, 4) is 0 Å². The Morgan fingerprint density at radius 1 is 0.926 bits per heavy atom. The SMILES string of the molecule is O=C(c1nccc2ccccc12)N1CCN(CC=Cc2ccccc2)CC1. The van der Waals surface area contributed by atoms with Crippen LogP contribution in [0.2, 0.25) is 0 Å². The number of pyridine rings is 1. The van der Waals surface area contributed by atoms with Crippen LogP contribution in [0.4, 0.5) is 0 Å². The van der Waals surface area contributed by atoms with Crippen molar-refractivity contribution in [2.75, 3.05) is 32.7 Å². The van der Waals surface area contributed by atoms with Crippen molar-refractivity contribution in [3.05, 3.63) is 84.2 Å². The summed E-state index contributed by atoms with van der Waals surface area (Å²) in [7, 11) is 0. The third-order valence-electron chi connectivity index (χ3n) is 5.01. The molecule has 4 nitrogen and oxygen atoms in total. The molecule has 0 saturated carbocycles. The molecule has 3 aromatic rings. The second-order valence-corrected chi connectivity index (χ2v) is 6.79. The molecule has 27 heavy (non-hydrogen) atoms. The molecule has 1 fully saturated rings. The molecule has 0 bridgehead atoms. The van der Waals surface area contributed by atoms with Crippen LogP contribution in [0.1, 0.15) is 16.1 Å². The van der Waals surface area contributed by atoms with Crippen LogP contribution in [0.25, 0.3) is 16.8 Å². The van der Waals surface area contributed by atoms with Gasteiger partial charge in [0.25, 0.3) is 5.91 Å². The van der Waals surface area contributed by atoms with E-state index in [1.165, 1.54) is 5.56 Å². The number of fused-ring (bicyclic) bond motifs is 1. The number of hydrogen-bond donors (Lipinski definition) is 0. The van der Waals surface area contributed by atoms with Gasteiger partial charge in [-0.05, 0) is 17.0 Å². The van der Waals surface area contributed by atoms with Crippen molar-refractivity contribution in [3.63, 3.8) is 0 Å². The Kier molecular flexibility index (Phi) is 5.26. The van der Waals surface area contributed by atoms with Crippen LogP contribution in [-0.4, -0.2) is 53.4 Å². The summed E-state index contributed by atoms with van der Waals surface area (Å²) in [6.07, 6.45) is 6.07. The van der Waals surface area contributed by atoms with E-state index in [9.17, 15) is 4.79 Å². The van der Waals surface area contributed by atoms with Crippen molar-refractivity contribution >= 4 is 22.8 Å². The van der Waals surface area contributed by atoms with Gasteiger partial charge in [-0.3, -0.25) is 14.7 Å². The molecule has 1 aliphatic rings. The van der Waals surface area contributed by atoms with Crippen LogP contribution < -0.4 is 0 Å². The zero-order valence-corrected chi connectivity index (χ0v) is 15.3. The summed E-state index contributed by atoms with van der Waals surface area (Å²) >= 11 is 0. The second kappa shape index (κ2) is 8.14. The van der Waals surface area contributed by atoms with Crippen molar-refractivity contribution in [1.82, 2.24) is 14.8 Å². The molecule has 0 spiro atoms. The summed E-state index contributed by atoms with van der Waals surface area (Å²) in [6.45, 7) is 4.15. The number of hydrogen-bond acceptors (Lipinski definition) is 3. The zero-order chi connectivity index (χ0) is 18.5. The van der Waals surface area contributed by atoms with Crippen LogP contribution in [0.5, 0.6) is 0 Å². The van der Waals surface area contributed by atoms with Crippen LogP contribution in [-0.2, 0) is 0 Å². The molecule has 2 heterocycles. The van der Waals surface area contributed by atoms with Gasteiger partial charge >= 0.3 is 0 Å². The molecule has 4 rings (SSSR count). The predicted octanol–water partition coefficient (Wildman–Crippen LogP) is 3.71. The minimum atomic E-state index is 0.0336. The van der Waals surface area contributed by atoms with Gasteiger partial charge in [0.2, 0.25) is 0 Å². The lowest BCUT2D eigenvalue weighted by Crippen LogP contribution is -2.48. The Morgan fingerprint density at radius 3 is 2.48 bits per heavy atom. The van der Waals surface area contributed by atoms with E-state index in [1.807, 2.05) is 53.4 Å². The fraction of sp³-hybridized carbons (Fsp3) is 0.217. The van der Waals surface area contributed by atoms with E-state index in [1.54, 1.807) is 6.20 Å². The van der Waals surface area contributed by atoms with Gasteiger partial charge in [0.1, 0.15) is 5.69 Å². The number of carbonyl (C=O) groups is 1. The Morgan fingerprint density at radius 2 is 1.67 bits per heavy atom. The van der Waals surface area contributed by atoms with Crippen molar-refractivity contribution in [2.45, 2.75) is 0 Å². The number of amides is 1. The lowest BCUT2D eigenvalue weighted by molar-refractivity contribution is 0.0646. The third-order valence-corrected chi connectivity index (χ3v) is 5.01. The van der Waals surface area contributed by atoms with Crippen LogP contribution >= 0.6 is 0 Å². The lowest BCUT2D eigenvalue weighted by atomic mass is 10.1. The van der Waals surface area contributed by atoms with Crippen LogP contribution in [0, 0.1) is 0 Å². The molecule has 0 atom stereocenters. The van der Waals surface area contributed by atoms with E-state index in [4.69, 9.17) is 0 Å². The van der Waals surface area contributed by atoms with Crippen molar-refractivity contribution in [1.29, 1.82) is 0 Å². The van der Waals surface area contributed by atoms with Crippen molar-refractivity contribution < 1.29 is 4.79 Å². The highest BCUT2D eigenvalue weighted by atomic mass is 16.2. The van der Waals surface area contributed by atoms with Crippen LogP contribution in [0.3, 0.4) is 0 Å². The molecule has 0 unspecified atom stereocenters. The first kappa shape index (κ1) is 17.4. The van der Waals surface area contributed by atoms with E-state index in [-0.39, 0.29) is 5.91 Å². The smallest absolute Gasteiger partial charge is 0.273 e. The van der Waals surface area contributed by atoms with E-state index in [0.29, 0.717) is 5.69 Å². The fourth-order valence-corrected chi connectivity index (χ4v) is 3.48. The second-order valence-electron chi connectivity index (χ2n) is 6.79. The molecular weight excluding hydrogens is 334 g/mol. The highest BCUT2D eigenvalue weighted by Crippen LogP contribution is 2.18. The standard InChI is InChI=1S/C23H23N3O/c27-23(22-21-11-5-4-10-20(21)12-13-24-22)26-17-15-25(16-18-26)14-6-9-19-7-2-1-3-8-19/h1-13H,14-18H2. The van der Waals surface area contributed by atoms with E-state index in [0.717, 1.165) is 43.5 Å². The Labute approximate surface area is 159 Å². The maximum Gasteiger partial charge on any atom is 0.273 e. The monoisotopic (exact) mass is 357 g/mol. The largest absolute Gasteiger partial charge is 0.335 e. The average Bonchev–Trinajstić information content (AvgIpc) is 2.74. The van der Waals surface area contributed by atoms with Gasteiger partial charge in [-0.1, -0.05) is 66.7 Å². The Bertz CT molecular complexity index is 939. The average molecular weight is 357 g/mol. The summed E-state index contributed by atoms with van der Waals surface area (Å²) in [6, 6.07) is 20.2. The molecule has 1 amide bonds. The number of carbonyl (C=O) groups excluding carboxylic acids is 1. The normalized spacial score (nSPS) is 15.5. The summed E-state index contributed by atoms with van der Waals surface area (Å²) in [4.78, 5) is 21.6. The highest BCUT2D eigenvalue weighted by Gasteiger charge is 2.23. The van der Waals surface area contributed by atoms with Crippen molar-refractivity contribution in [2.24, 2.45) is 0 Å². The van der Waals surface area contributed by atoms with Gasteiger partial charge in [0.15, 0.2) is 0 Å². The maximum absolute atomic E-state index is 13.0. The summed E-state index contributed by atoms with van der Waals surface area (Å²) in [5, 5.41) is 1.98. The number of piperazine rings is 1. The summed E-state index contributed by atoms with van der Waals surface area (Å²) < 4.78 is 0. The first-order valence-electron chi connectivity index (χ1n) is 9.38. The van der Waals surface area contributed by atoms with E-state index in [2.05, 4.69) is 34.2 Å². The molecule has 1 aliphatic heterocycles. The number of rotatable bonds is 4. The number of aromatic nitrogens is 1. The Hall–Kier alpha value is -2.98. The molecule has 1 aromatic heterocycles. The maximum atomic E-state index is 13.0. The first-order valence-corrected chi connectivity index (χ1v) is 9.38. The first-order chi connectivity index (χ1) is 13.3. The minimum Gasteiger partial charge on any atom is -0.335 e. The van der Waals surface area contributed by atoms with Gasteiger partial charge in [0, 0.05) is 44.3 Å². The minimum absolute atomic E-state index is 0.0336. The molecule has 4 heteroatoms. The summed E-state index contributed by atoms with van der Waals surface area (Å²) in [5.41, 5.74) is 1.78. The number of nitrogens with zero attached hydrogens (tertiary/aromatic N) is 3. The van der Waals surface area contributed by atoms with Gasteiger partial charge in [-0.15, -0.1) is 0 Å². The highest BCUT2D eigenvalue weighted by molar-refractivity contribution is 6.05. The van der Waals surface area contributed by atoms with Gasteiger partial charge in [-0.2, -0.15) is 0 Å². The molecule has 136 valence electrons. The van der Waals surface area contributed by atoms with Crippen LogP contribution in [0.15, 0.2) is 72.9 Å². The topological polar surface area (TPSA) is 36.4 Å². The van der Waals surface area contributed by atoms with Gasteiger partial charge in [-0.25, -0.2) is 0 Å². The Balaban J connectivity index is 1.36. The molecule has 1 saturated heterocycles. The van der Waals surface area contributed by atoms with Gasteiger partial charge in [0.05, 0.1) is 0 Å². The third kappa shape index (κ3) is 4.07. The molecule has 2 aromatic carbocycles. The fourth-order valence-electron chi connectivity index (χ4n) is 3.48. The van der Waals surface area contributed by atoms with E-state index >= 15 is 0 Å². The van der Waals surface area contributed by atoms with E-state index < -0.39 is 0 Å². The molecular formula is C23H23N3O. The van der Waals surface area contributed by atoms with Gasteiger partial charge < -0.3 is 4.90 Å². The lowest BCUT2D eigenvalue weighted by Gasteiger charge is -2.34. The molecule has 0 N–H and O–H groups in total.